The largest absolute Gasteiger partial charge is 0.496 e. The van der Waals surface area contributed by atoms with Gasteiger partial charge in [-0.15, -0.1) is 0 Å². The van der Waals surface area contributed by atoms with Crippen molar-refractivity contribution in [3.8, 4) is 11.5 Å². The van der Waals surface area contributed by atoms with E-state index in [9.17, 15) is 0 Å². The number of aromatic amines is 1. The number of nitrogens with one attached hydrogen (secondary N) is 1. The minimum atomic E-state index is 0.727. The zero-order valence-corrected chi connectivity index (χ0v) is 30.3. The van der Waals surface area contributed by atoms with Gasteiger partial charge in [0.25, 0.3) is 0 Å². The maximum Gasteiger partial charge on any atom is 0.133 e. The van der Waals surface area contributed by atoms with Crippen molar-refractivity contribution in [2.75, 3.05) is 14.2 Å². The van der Waals surface area contributed by atoms with E-state index in [0.717, 1.165) is 106 Å². The molecule has 1 N–H and O–H groups in total. The molecule has 5 nitrogen and oxygen atoms in total. The van der Waals surface area contributed by atoms with E-state index in [-0.39, 0.29) is 0 Å². The number of nitrogens with zero attached hydrogens (tertiary/aromatic N) is 2. The number of H-pyrrole nitrogens is 1. The molecule has 5 heteroatoms. The predicted octanol–water partition coefficient (Wildman–Crippen LogP) is 8.99. The number of benzene rings is 5. The summed E-state index contributed by atoms with van der Waals surface area (Å²) in [6.45, 7) is 2.06. The van der Waals surface area contributed by atoms with Crippen LogP contribution in [-0.4, -0.2) is 30.6 Å². The molecule has 0 saturated heterocycles. The standard InChI is InChI=1S/C49H37N3O2/c1-31-48(53-2)36-30-37(49(31)54-3)45(33-18-10-5-11-19-33)39-25-27-41(51-39)47(35-22-14-7-15-23-35)43-29-28-42(52-43)46(34-20-12-6-13-21-34)40-26-24-38(50-40)44(36)32-16-8-4-9-17-32/h4-30,52H,1-3H3. The third-order valence-corrected chi connectivity index (χ3v) is 10.2. The Labute approximate surface area is 314 Å². The fourth-order valence-corrected chi connectivity index (χ4v) is 7.83. The molecule has 0 fully saturated rings. The Morgan fingerprint density at radius 2 is 0.778 bits per heavy atom. The maximum absolute atomic E-state index is 6.28. The number of aromatic nitrogens is 1. The number of rotatable bonds is 6. The van der Waals surface area contributed by atoms with E-state index in [4.69, 9.17) is 19.5 Å². The molecule has 1 aromatic heterocycles. The highest BCUT2D eigenvalue weighted by Gasteiger charge is 2.28. The van der Waals surface area contributed by atoms with E-state index in [2.05, 4.69) is 151 Å². The summed E-state index contributed by atoms with van der Waals surface area (Å²) in [6.07, 6.45) is 8.48. The smallest absolute Gasteiger partial charge is 0.133 e. The number of allylic oxidation sites excluding steroid dienone is 4. The van der Waals surface area contributed by atoms with Crippen LogP contribution in [0.2, 0.25) is 0 Å². The summed E-state index contributed by atoms with van der Waals surface area (Å²) in [6, 6.07) is 48.3. The molecule has 0 atom stereocenters. The molecule has 0 aliphatic carbocycles. The van der Waals surface area contributed by atoms with Crippen molar-refractivity contribution in [2.24, 2.45) is 9.98 Å². The zero-order chi connectivity index (χ0) is 36.6. The number of ether oxygens (including phenoxy) is 2. The summed E-state index contributed by atoms with van der Waals surface area (Å²) in [5, 5.41) is 1.93. The highest BCUT2D eigenvalue weighted by atomic mass is 16.5. The van der Waals surface area contributed by atoms with Gasteiger partial charge in [-0.2, -0.15) is 0 Å². The van der Waals surface area contributed by atoms with Crippen LogP contribution in [-0.2, 0) is 0 Å². The second kappa shape index (κ2) is 13.9. The van der Waals surface area contributed by atoms with Crippen LogP contribution in [0.4, 0.5) is 0 Å². The van der Waals surface area contributed by atoms with Crippen LogP contribution in [0.3, 0.4) is 0 Å². The van der Waals surface area contributed by atoms with Crippen molar-refractivity contribution < 1.29 is 9.47 Å². The number of hydrogen-bond acceptors (Lipinski definition) is 4. The molecule has 4 heterocycles. The van der Waals surface area contributed by atoms with Gasteiger partial charge in [0.1, 0.15) is 11.5 Å². The Kier molecular flexibility index (Phi) is 8.45. The van der Waals surface area contributed by atoms with Crippen LogP contribution in [0.1, 0.15) is 38.9 Å². The summed E-state index contributed by atoms with van der Waals surface area (Å²) in [5.74, 6) is 1.45. The van der Waals surface area contributed by atoms with Gasteiger partial charge in [0, 0.05) is 49.7 Å². The van der Waals surface area contributed by atoms with E-state index in [1.165, 1.54) is 0 Å². The molecule has 6 aromatic rings. The van der Waals surface area contributed by atoms with Crippen molar-refractivity contribution >= 4 is 33.7 Å². The first kappa shape index (κ1) is 32.9. The lowest BCUT2D eigenvalue weighted by Crippen LogP contribution is -2.21. The van der Waals surface area contributed by atoms with Crippen LogP contribution < -0.4 is 20.2 Å². The molecule has 260 valence electrons. The molecule has 0 spiro atoms. The molecule has 5 aromatic carbocycles. The summed E-state index contributed by atoms with van der Waals surface area (Å²) >= 11 is 0. The molecular formula is C49H37N3O2. The van der Waals surface area contributed by atoms with Crippen molar-refractivity contribution in [3.63, 3.8) is 0 Å². The molecule has 9 rings (SSSR count). The number of aliphatic imine (C=N–C) groups is 2. The monoisotopic (exact) mass is 699 g/mol. The third kappa shape index (κ3) is 5.67. The molecule has 0 saturated carbocycles. The van der Waals surface area contributed by atoms with Crippen LogP contribution in [0.25, 0.3) is 22.3 Å². The van der Waals surface area contributed by atoms with Crippen LogP contribution in [0, 0.1) is 6.92 Å². The zero-order valence-electron chi connectivity index (χ0n) is 30.3. The topological polar surface area (TPSA) is 59.0 Å². The lowest BCUT2D eigenvalue weighted by molar-refractivity contribution is 0.387. The van der Waals surface area contributed by atoms with Gasteiger partial charge >= 0.3 is 0 Å². The number of fused-ring (bicyclic) bond motifs is 6. The number of hydrogen-bond donors (Lipinski definition) is 1. The summed E-state index contributed by atoms with van der Waals surface area (Å²) < 4.78 is 12.6. The van der Waals surface area contributed by atoms with Gasteiger partial charge in [0.2, 0.25) is 0 Å². The van der Waals surface area contributed by atoms with Crippen LogP contribution in [0.5, 0.6) is 11.5 Å². The lowest BCUT2D eigenvalue weighted by Gasteiger charge is -2.23. The van der Waals surface area contributed by atoms with E-state index >= 15 is 0 Å². The molecule has 0 radical (unpaired) electrons. The Morgan fingerprint density at radius 1 is 0.426 bits per heavy atom. The second-order valence-electron chi connectivity index (χ2n) is 13.3. The molecule has 3 aliphatic rings. The van der Waals surface area contributed by atoms with Crippen LogP contribution in [0.15, 0.2) is 185 Å². The Hall–Kier alpha value is -6.98. The Balaban J connectivity index is 1.49. The fourth-order valence-electron chi connectivity index (χ4n) is 7.83. The van der Waals surface area contributed by atoms with Gasteiger partial charge in [0.15, 0.2) is 0 Å². The van der Waals surface area contributed by atoms with Gasteiger partial charge in [-0.25, -0.2) is 9.98 Å². The van der Waals surface area contributed by atoms with Crippen molar-refractivity contribution in [3.05, 3.63) is 225 Å². The second-order valence-corrected chi connectivity index (χ2v) is 13.3. The highest BCUT2D eigenvalue weighted by Crippen LogP contribution is 2.47. The summed E-state index contributed by atoms with van der Waals surface area (Å²) in [4.78, 5) is 14.7. The van der Waals surface area contributed by atoms with E-state index in [1.807, 2.05) is 24.3 Å². The van der Waals surface area contributed by atoms with Crippen LogP contribution >= 0.6 is 0 Å². The van der Waals surface area contributed by atoms with Gasteiger partial charge < -0.3 is 14.5 Å². The highest BCUT2D eigenvalue weighted by molar-refractivity contribution is 6.31. The first-order chi connectivity index (χ1) is 26.6. The maximum atomic E-state index is 6.28. The average molecular weight is 700 g/mol. The molecule has 54 heavy (non-hydrogen) atoms. The van der Waals surface area contributed by atoms with E-state index in [1.54, 1.807) is 14.2 Å². The molecule has 3 aliphatic heterocycles. The van der Waals surface area contributed by atoms with Gasteiger partial charge in [-0.1, -0.05) is 121 Å². The van der Waals surface area contributed by atoms with E-state index < -0.39 is 0 Å². The van der Waals surface area contributed by atoms with Gasteiger partial charge in [0.05, 0.1) is 37.0 Å². The first-order valence-electron chi connectivity index (χ1n) is 18.1. The fraction of sp³-hybridized carbons (Fsp3) is 0.0612. The Morgan fingerprint density at radius 3 is 1.13 bits per heavy atom. The predicted molar refractivity (Wildman–Crippen MR) is 220 cm³/mol. The van der Waals surface area contributed by atoms with Gasteiger partial charge in [-0.05, 0) is 71.7 Å². The summed E-state index contributed by atoms with van der Waals surface area (Å²) in [5.41, 5.74) is 14.2. The minimum absolute atomic E-state index is 0.727. The third-order valence-electron chi connectivity index (χ3n) is 10.2. The molecule has 8 bridgehead atoms. The van der Waals surface area contributed by atoms with Crippen molar-refractivity contribution in [1.82, 2.24) is 4.98 Å². The number of methoxy groups -OCH3 is 2. The normalized spacial score (nSPS) is 14.8. The molecular weight excluding hydrogens is 663 g/mol. The van der Waals surface area contributed by atoms with Gasteiger partial charge in [-0.3, -0.25) is 0 Å². The summed E-state index contributed by atoms with van der Waals surface area (Å²) in [7, 11) is 3.45. The minimum Gasteiger partial charge on any atom is -0.496 e. The quantitative estimate of drug-likeness (QED) is 0.189. The first-order valence-corrected chi connectivity index (χ1v) is 18.1. The molecule has 0 amide bonds. The lowest BCUT2D eigenvalue weighted by atomic mass is 9.87. The van der Waals surface area contributed by atoms with Crippen molar-refractivity contribution in [2.45, 2.75) is 6.92 Å². The average Bonchev–Trinajstić information content (AvgIpc) is 4.01. The molecule has 0 unspecified atom stereocenters. The van der Waals surface area contributed by atoms with Crippen molar-refractivity contribution in [1.29, 1.82) is 0 Å². The SMILES string of the molecule is COc1c2cc(c(OC)c1C)C(c1ccccc1)=C1C=CC(=N1)C(c1ccccc1)=c1ccc([nH]1)=C(c1ccccc1)C1=NC(=C2c2ccccc2)C=C1. The van der Waals surface area contributed by atoms with E-state index in [0.29, 0.717) is 0 Å². The Bertz CT molecular complexity index is 2560.